The molecule has 0 fully saturated rings. The molecule has 1 heterocycles. The minimum Gasteiger partial charge on any atom is -0.311 e. The van der Waals surface area contributed by atoms with Crippen LogP contribution in [0.2, 0.25) is 0 Å². The van der Waals surface area contributed by atoms with Gasteiger partial charge in [-0.3, -0.25) is 0 Å². The highest BCUT2D eigenvalue weighted by Crippen LogP contribution is 2.42. The van der Waals surface area contributed by atoms with Gasteiger partial charge >= 0.3 is 0 Å². The Morgan fingerprint density at radius 2 is 0.700 bits per heavy atom. The van der Waals surface area contributed by atoms with E-state index < -0.39 is 0 Å². The molecule has 0 N–H and O–H groups in total. The Hall–Kier alpha value is -7.94. The van der Waals surface area contributed by atoms with Gasteiger partial charge in [-0.05, 0) is 104 Å². The Bertz CT molecular complexity index is 3270. The van der Waals surface area contributed by atoms with Crippen molar-refractivity contribution in [1.82, 2.24) is 4.57 Å². The molecule has 0 saturated heterocycles. The van der Waals surface area contributed by atoms with Gasteiger partial charge in [0.2, 0.25) is 0 Å². The van der Waals surface area contributed by atoms with E-state index in [0.29, 0.717) is 0 Å². The first-order valence-electron chi connectivity index (χ1n) is 20.6. The Kier molecular flexibility index (Phi) is 8.87. The van der Waals surface area contributed by atoms with Gasteiger partial charge in [0.05, 0.1) is 16.7 Å². The highest BCUT2D eigenvalue weighted by Gasteiger charge is 2.19. The standard InChI is InChI=1S/C58H40N2/c1-3-15-41(16-4-1)42-27-34-47(35-28-42)59(48-36-29-45(30-37-48)51-21-10-9-20-50(51)43-17-5-2-6-18-43)49-38-31-46(32-39-49)52-22-11-13-25-55(52)60-56-26-14-12-24-54(56)58-53-23-8-7-19-44(53)33-40-57(58)60/h1-40H. The van der Waals surface area contributed by atoms with Crippen LogP contribution in [0.1, 0.15) is 0 Å². The zero-order valence-corrected chi connectivity index (χ0v) is 33.0. The van der Waals surface area contributed by atoms with Crippen molar-refractivity contribution in [2.24, 2.45) is 0 Å². The van der Waals surface area contributed by atoms with Gasteiger partial charge in [-0.15, -0.1) is 0 Å². The third-order valence-corrected chi connectivity index (χ3v) is 11.8. The molecule has 60 heavy (non-hydrogen) atoms. The number of nitrogens with zero attached hydrogens (tertiary/aromatic N) is 2. The number of aromatic nitrogens is 1. The van der Waals surface area contributed by atoms with Crippen molar-refractivity contribution in [1.29, 1.82) is 0 Å². The number of benzene rings is 10. The third kappa shape index (κ3) is 6.23. The Balaban J connectivity index is 1.01. The zero-order valence-electron chi connectivity index (χ0n) is 33.0. The molecule has 0 aliphatic heterocycles. The van der Waals surface area contributed by atoms with Crippen LogP contribution in [0.25, 0.3) is 82.8 Å². The molecule has 11 rings (SSSR count). The SMILES string of the molecule is c1ccc(-c2ccc(N(c3ccc(-c4ccccc4-c4ccccc4)cc3)c3ccc(-c4ccccc4-n4c5ccccc5c5c6ccccc6ccc54)cc3)cc2)cc1. The summed E-state index contributed by atoms with van der Waals surface area (Å²) < 4.78 is 2.44. The number of fused-ring (bicyclic) bond motifs is 5. The molecule has 11 aromatic rings. The van der Waals surface area contributed by atoms with Crippen molar-refractivity contribution in [3.05, 3.63) is 243 Å². The maximum atomic E-state index is 2.44. The summed E-state index contributed by atoms with van der Waals surface area (Å²) >= 11 is 0. The van der Waals surface area contributed by atoms with Crippen molar-refractivity contribution < 1.29 is 0 Å². The van der Waals surface area contributed by atoms with Crippen LogP contribution in [0.3, 0.4) is 0 Å². The molecule has 2 nitrogen and oxygen atoms in total. The molecule has 0 atom stereocenters. The first-order chi connectivity index (χ1) is 29.8. The van der Waals surface area contributed by atoms with Gasteiger partial charge in [0, 0.05) is 33.4 Å². The van der Waals surface area contributed by atoms with E-state index in [9.17, 15) is 0 Å². The fourth-order valence-electron chi connectivity index (χ4n) is 8.98. The summed E-state index contributed by atoms with van der Waals surface area (Å²) in [6, 6.07) is 87.7. The molecule has 0 amide bonds. The van der Waals surface area contributed by atoms with Gasteiger partial charge in [-0.25, -0.2) is 0 Å². The molecule has 0 aliphatic rings. The topological polar surface area (TPSA) is 8.17 Å². The average Bonchev–Trinajstić information content (AvgIpc) is 3.68. The van der Waals surface area contributed by atoms with Crippen molar-refractivity contribution in [3.63, 3.8) is 0 Å². The lowest BCUT2D eigenvalue weighted by Crippen LogP contribution is -2.10. The lowest BCUT2D eigenvalue weighted by molar-refractivity contribution is 1.18. The molecule has 10 aromatic carbocycles. The van der Waals surface area contributed by atoms with E-state index in [1.807, 2.05) is 0 Å². The molecular formula is C58H40N2. The summed E-state index contributed by atoms with van der Waals surface area (Å²) in [4.78, 5) is 2.36. The van der Waals surface area contributed by atoms with Crippen molar-refractivity contribution >= 4 is 49.6 Å². The minimum atomic E-state index is 1.09. The summed E-state index contributed by atoms with van der Waals surface area (Å²) in [5, 5.41) is 5.08. The van der Waals surface area contributed by atoms with E-state index in [0.717, 1.165) is 28.3 Å². The van der Waals surface area contributed by atoms with Crippen molar-refractivity contribution in [2.75, 3.05) is 4.90 Å². The van der Waals surface area contributed by atoms with Crippen LogP contribution in [0.5, 0.6) is 0 Å². The number of hydrogen-bond acceptors (Lipinski definition) is 1. The van der Waals surface area contributed by atoms with Crippen LogP contribution in [-0.2, 0) is 0 Å². The van der Waals surface area contributed by atoms with Gasteiger partial charge in [0.25, 0.3) is 0 Å². The van der Waals surface area contributed by atoms with E-state index in [2.05, 4.69) is 252 Å². The van der Waals surface area contributed by atoms with E-state index in [-0.39, 0.29) is 0 Å². The number of para-hydroxylation sites is 2. The monoisotopic (exact) mass is 764 g/mol. The first kappa shape index (κ1) is 35.2. The molecule has 0 radical (unpaired) electrons. The number of rotatable bonds is 8. The highest BCUT2D eigenvalue weighted by atomic mass is 15.1. The summed E-state index contributed by atoms with van der Waals surface area (Å²) in [6.07, 6.45) is 0. The number of hydrogen-bond donors (Lipinski definition) is 0. The lowest BCUT2D eigenvalue weighted by atomic mass is 9.94. The molecular weight excluding hydrogens is 725 g/mol. The van der Waals surface area contributed by atoms with Crippen LogP contribution >= 0.6 is 0 Å². The Morgan fingerprint density at radius 3 is 1.33 bits per heavy atom. The van der Waals surface area contributed by atoms with Gasteiger partial charge in [0.15, 0.2) is 0 Å². The molecule has 2 heteroatoms. The van der Waals surface area contributed by atoms with Crippen LogP contribution in [0.15, 0.2) is 243 Å². The van der Waals surface area contributed by atoms with Gasteiger partial charge in [-0.2, -0.15) is 0 Å². The van der Waals surface area contributed by atoms with Crippen LogP contribution in [0.4, 0.5) is 17.1 Å². The molecule has 0 spiro atoms. The van der Waals surface area contributed by atoms with Gasteiger partial charge < -0.3 is 9.47 Å². The average molecular weight is 765 g/mol. The normalized spacial score (nSPS) is 11.3. The lowest BCUT2D eigenvalue weighted by Gasteiger charge is -2.26. The second-order valence-electron chi connectivity index (χ2n) is 15.3. The van der Waals surface area contributed by atoms with E-state index in [4.69, 9.17) is 0 Å². The summed E-state index contributed by atoms with van der Waals surface area (Å²) in [6.45, 7) is 0. The fraction of sp³-hybridized carbons (Fsp3) is 0. The predicted octanol–water partition coefficient (Wildman–Crippen LogP) is 16.1. The van der Waals surface area contributed by atoms with Crippen molar-refractivity contribution in [3.8, 4) is 50.2 Å². The fourth-order valence-corrected chi connectivity index (χ4v) is 8.98. The minimum absolute atomic E-state index is 1.09. The summed E-state index contributed by atoms with van der Waals surface area (Å²) in [5.41, 5.74) is 16.4. The molecule has 0 unspecified atom stereocenters. The second kappa shape index (κ2) is 15.1. The molecule has 1 aromatic heterocycles. The van der Waals surface area contributed by atoms with Gasteiger partial charge in [0.1, 0.15) is 0 Å². The Morgan fingerprint density at radius 1 is 0.267 bits per heavy atom. The molecule has 0 saturated carbocycles. The largest absolute Gasteiger partial charge is 0.311 e. The summed E-state index contributed by atoms with van der Waals surface area (Å²) in [7, 11) is 0. The maximum Gasteiger partial charge on any atom is 0.0547 e. The molecule has 0 bridgehead atoms. The van der Waals surface area contributed by atoms with E-state index >= 15 is 0 Å². The second-order valence-corrected chi connectivity index (χ2v) is 15.3. The molecule has 282 valence electrons. The highest BCUT2D eigenvalue weighted by molar-refractivity contribution is 6.21. The van der Waals surface area contributed by atoms with E-state index in [1.165, 1.54) is 71.5 Å². The van der Waals surface area contributed by atoms with Crippen LogP contribution < -0.4 is 4.90 Å². The third-order valence-electron chi connectivity index (χ3n) is 11.8. The predicted molar refractivity (Wildman–Crippen MR) is 255 cm³/mol. The smallest absolute Gasteiger partial charge is 0.0547 e. The van der Waals surface area contributed by atoms with Gasteiger partial charge in [-0.1, -0.05) is 188 Å². The van der Waals surface area contributed by atoms with Crippen molar-refractivity contribution in [2.45, 2.75) is 0 Å². The quantitative estimate of drug-likeness (QED) is 0.150. The first-order valence-corrected chi connectivity index (χ1v) is 20.6. The number of anilines is 3. The van der Waals surface area contributed by atoms with Crippen LogP contribution in [-0.4, -0.2) is 4.57 Å². The van der Waals surface area contributed by atoms with E-state index in [1.54, 1.807) is 0 Å². The maximum absolute atomic E-state index is 2.44. The van der Waals surface area contributed by atoms with Crippen LogP contribution in [0, 0.1) is 0 Å². The zero-order chi connectivity index (χ0) is 39.8. The molecule has 0 aliphatic carbocycles. The summed E-state index contributed by atoms with van der Waals surface area (Å²) in [5.74, 6) is 0. The Labute approximate surface area is 350 Å².